The summed E-state index contributed by atoms with van der Waals surface area (Å²) in [6.45, 7) is 0. The van der Waals surface area contributed by atoms with Crippen molar-refractivity contribution in [2.24, 2.45) is 0 Å². The van der Waals surface area contributed by atoms with E-state index in [0.29, 0.717) is 13.4 Å². The van der Waals surface area contributed by atoms with Crippen LogP contribution in [0.3, 0.4) is 0 Å². The Morgan fingerprint density at radius 1 is 0.759 bits per heavy atom. The van der Waals surface area contributed by atoms with Crippen LogP contribution in [0.4, 0.5) is 0 Å². The molecular weight excluding hydrogens is 377 g/mol. The zero-order valence-corrected chi connectivity index (χ0v) is 16.2. The monoisotopic (exact) mass is 392 g/mol. The molecule has 0 amide bonds. The van der Waals surface area contributed by atoms with Crippen LogP contribution >= 0.6 is 11.3 Å². The van der Waals surface area contributed by atoms with Gasteiger partial charge in [0, 0.05) is 42.7 Å². The molecule has 0 saturated heterocycles. The molecular formula is C24H15BNO2S. The molecule has 0 unspecified atom stereocenters. The molecule has 0 aliphatic heterocycles. The number of fused-ring (bicyclic) bond motifs is 7. The summed E-state index contributed by atoms with van der Waals surface area (Å²) in [5.74, 6) is 0.596. The van der Waals surface area contributed by atoms with Crippen LogP contribution < -0.4 is 4.65 Å². The Morgan fingerprint density at radius 2 is 1.59 bits per heavy atom. The Morgan fingerprint density at radius 3 is 2.48 bits per heavy atom. The molecule has 0 aliphatic carbocycles. The van der Waals surface area contributed by atoms with Crippen LogP contribution in [-0.2, 0) is 0 Å². The lowest BCUT2D eigenvalue weighted by molar-refractivity contribution is 0.454. The Kier molecular flexibility index (Phi) is 3.66. The van der Waals surface area contributed by atoms with Gasteiger partial charge in [-0.1, -0.05) is 48.5 Å². The Labute approximate surface area is 171 Å². The summed E-state index contributed by atoms with van der Waals surface area (Å²) in [5.41, 5.74) is 3.31. The Hall–Kier alpha value is -3.28. The molecule has 5 heteroatoms. The molecule has 0 fully saturated rings. The number of para-hydroxylation sites is 1. The van der Waals surface area contributed by atoms with Gasteiger partial charge < -0.3 is 14.2 Å². The smallest absolute Gasteiger partial charge is 0.537 e. The molecule has 6 aromatic rings. The number of hydrogen-bond acceptors (Lipinski definition) is 3. The number of hydrogen-bond donors (Lipinski definition) is 1. The highest BCUT2D eigenvalue weighted by atomic mass is 32.1. The summed E-state index contributed by atoms with van der Waals surface area (Å²) in [7, 11) is 0.714. The second-order valence-corrected chi connectivity index (χ2v) is 8.06. The minimum atomic E-state index is 0.596. The van der Waals surface area contributed by atoms with E-state index < -0.39 is 0 Å². The van der Waals surface area contributed by atoms with Crippen molar-refractivity contribution in [2.45, 2.75) is 0 Å². The van der Waals surface area contributed by atoms with E-state index in [1.54, 1.807) is 0 Å². The van der Waals surface area contributed by atoms with Crippen LogP contribution in [0, 0.1) is 0 Å². The normalized spacial score (nSPS) is 11.6. The van der Waals surface area contributed by atoms with Crippen LogP contribution in [-0.4, -0.2) is 17.3 Å². The number of aromatic nitrogens is 1. The molecule has 2 aromatic heterocycles. The van der Waals surface area contributed by atoms with Crippen LogP contribution in [0.1, 0.15) is 0 Å². The van der Waals surface area contributed by atoms with Crippen LogP contribution in [0.15, 0.2) is 84.9 Å². The quantitative estimate of drug-likeness (QED) is 0.372. The van der Waals surface area contributed by atoms with Gasteiger partial charge in [-0.2, -0.15) is 0 Å². The predicted molar refractivity (Wildman–Crippen MR) is 122 cm³/mol. The first-order valence-electron chi connectivity index (χ1n) is 9.41. The lowest BCUT2D eigenvalue weighted by Gasteiger charge is -2.10. The molecule has 2 heterocycles. The summed E-state index contributed by atoms with van der Waals surface area (Å²) >= 11 is 1.85. The zero-order valence-electron chi connectivity index (χ0n) is 15.4. The molecule has 0 saturated carbocycles. The second kappa shape index (κ2) is 6.37. The fourth-order valence-corrected chi connectivity index (χ4v) is 5.53. The Bertz CT molecular complexity index is 1530. The average molecular weight is 392 g/mol. The summed E-state index contributed by atoms with van der Waals surface area (Å²) in [6, 6.07) is 29.3. The van der Waals surface area contributed by atoms with Crippen molar-refractivity contribution in [3.63, 3.8) is 0 Å². The van der Waals surface area contributed by atoms with Crippen molar-refractivity contribution in [3.05, 3.63) is 84.9 Å². The van der Waals surface area contributed by atoms with Crippen molar-refractivity contribution in [2.75, 3.05) is 0 Å². The fraction of sp³-hybridized carbons (Fsp3) is 0. The molecule has 1 N–H and O–H groups in total. The van der Waals surface area contributed by atoms with Crippen molar-refractivity contribution in [1.82, 2.24) is 4.57 Å². The first-order valence-corrected chi connectivity index (χ1v) is 10.2. The summed E-state index contributed by atoms with van der Waals surface area (Å²) in [4.78, 5) is 0. The highest BCUT2D eigenvalue weighted by Crippen LogP contribution is 2.43. The summed E-state index contributed by atoms with van der Waals surface area (Å²) < 4.78 is 10.1. The van der Waals surface area contributed by atoms with Crippen molar-refractivity contribution >= 4 is 61.0 Å². The van der Waals surface area contributed by atoms with Gasteiger partial charge in [-0.25, -0.2) is 0 Å². The highest BCUT2D eigenvalue weighted by Gasteiger charge is 2.17. The van der Waals surface area contributed by atoms with Crippen LogP contribution in [0.2, 0.25) is 0 Å². The molecule has 0 aliphatic rings. The third-order valence-corrected chi connectivity index (χ3v) is 6.65. The fourth-order valence-electron chi connectivity index (χ4n) is 4.27. The van der Waals surface area contributed by atoms with Crippen LogP contribution in [0.25, 0.3) is 47.7 Å². The largest absolute Gasteiger partial charge is 0.569 e. The standard InChI is InChI=1S/C24H15BNO2S/c27-25-28-16-7-5-6-15(14-16)26-20-10-3-1-9-19(20)23-21(26)13-12-18-17-8-2-4-11-22(17)29-24(18)23/h1-14,27H. The first-order chi connectivity index (χ1) is 14.3. The minimum Gasteiger partial charge on any atom is -0.537 e. The third kappa shape index (κ3) is 2.41. The number of thiophene rings is 1. The van der Waals surface area contributed by atoms with Crippen LogP contribution in [0.5, 0.6) is 5.75 Å². The zero-order chi connectivity index (χ0) is 19.4. The van der Waals surface area contributed by atoms with E-state index in [4.69, 9.17) is 9.68 Å². The highest BCUT2D eigenvalue weighted by molar-refractivity contribution is 7.26. The molecule has 0 atom stereocenters. The van der Waals surface area contributed by atoms with E-state index in [0.717, 1.165) is 16.7 Å². The summed E-state index contributed by atoms with van der Waals surface area (Å²) in [6.07, 6.45) is 0. The molecule has 3 nitrogen and oxygen atoms in total. The van der Waals surface area contributed by atoms with Gasteiger partial charge in [-0.3, -0.25) is 0 Å². The number of nitrogens with zero attached hydrogens (tertiary/aromatic N) is 1. The van der Waals surface area contributed by atoms with Gasteiger partial charge in [0.1, 0.15) is 5.75 Å². The SMILES string of the molecule is O[B]Oc1cccc(-n2c3ccccc3c3c4sc5ccccc5c4ccc32)c1. The maximum Gasteiger partial charge on any atom is 0.569 e. The van der Waals surface area contributed by atoms with E-state index in [-0.39, 0.29) is 0 Å². The second-order valence-electron chi connectivity index (χ2n) is 7.01. The van der Waals surface area contributed by atoms with Gasteiger partial charge in [-0.15, -0.1) is 11.3 Å². The van der Waals surface area contributed by atoms with Crippen molar-refractivity contribution < 1.29 is 9.68 Å². The minimum absolute atomic E-state index is 0.596. The number of rotatable bonds is 3. The van der Waals surface area contributed by atoms with E-state index in [1.807, 2.05) is 29.5 Å². The maximum absolute atomic E-state index is 9.02. The molecule has 0 bridgehead atoms. The molecule has 29 heavy (non-hydrogen) atoms. The van der Waals surface area contributed by atoms with Gasteiger partial charge in [0.25, 0.3) is 0 Å². The molecule has 6 rings (SSSR count). The third-order valence-electron chi connectivity index (χ3n) is 5.44. The van der Waals surface area contributed by atoms with Gasteiger partial charge in [0.15, 0.2) is 0 Å². The van der Waals surface area contributed by atoms with Gasteiger partial charge in [0.2, 0.25) is 0 Å². The predicted octanol–water partition coefficient (Wildman–Crippen LogP) is 6.06. The molecule has 137 valence electrons. The lowest BCUT2D eigenvalue weighted by Crippen LogP contribution is -2.01. The molecule has 1 radical (unpaired) electrons. The van der Waals surface area contributed by atoms with Gasteiger partial charge in [0.05, 0.1) is 11.0 Å². The van der Waals surface area contributed by atoms with Gasteiger partial charge in [-0.05, 0) is 30.3 Å². The average Bonchev–Trinajstić information content (AvgIpc) is 3.30. The van der Waals surface area contributed by atoms with E-state index >= 15 is 0 Å². The Balaban J connectivity index is 1.77. The van der Waals surface area contributed by atoms with Crippen molar-refractivity contribution in [1.29, 1.82) is 0 Å². The lowest BCUT2D eigenvalue weighted by atomic mass is 10.1. The summed E-state index contributed by atoms with van der Waals surface area (Å²) in [5, 5.41) is 14.1. The van der Waals surface area contributed by atoms with Gasteiger partial charge >= 0.3 is 7.69 Å². The number of benzene rings is 4. The molecule has 4 aromatic carbocycles. The van der Waals surface area contributed by atoms with E-state index in [1.165, 1.54) is 30.9 Å². The van der Waals surface area contributed by atoms with E-state index in [2.05, 4.69) is 71.3 Å². The molecule has 0 spiro atoms. The van der Waals surface area contributed by atoms with E-state index in [9.17, 15) is 0 Å². The maximum atomic E-state index is 9.02. The van der Waals surface area contributed by atoms with Crippen molar-refractivity contribution in [3.8, 4) is 11.4 Å². The topological polar surface area (TPSA) is 34.4 Å². The first kappa shape index (κ1) is 16.7.